The first-order chi connectivity index (χ1) is 8.24. The van der Waals surface area contributed by atoms with E-state index in [2.05, 4.69) is 10.3 Å². The summed E-state index contributed by atoms with van der Waals surface area (Å²) in [5.74, 6) is 0. The molecule has 0 spiro atoms. The van der Waals surface area contributed by atoms with Crippen LogP contribution in [0.3, 0.4) is 0 Å². The van der Waals surface area contributed by atoms with Crippen molar-refractivity contribution in [2.24, 2.45) is 0 Å². The zero-order chi connectivity index (χ0) is 11.8. The summed E-state index contributed by atoms with van der Waals surface area (Å²) in [6.45, 7) is 0. The normalized spacial score (nSPS) is 14.9. The van der Waals surface area contributed by atoms with E-state index in [-0.39, 0.29) is 0 Å². The molecule has 0 amide bonds. The maximum atomic E-state index is 6.17. The predicted octanol–water partition coefficient (Wildman–Crippen LogP) is 4.69. The Kier molecular flexibility index (Phi) is 2.99. The van der Waals surface area contributed by atoms with E-state index in [1.807, 2.05) is 17.5 Å². The third kappa shape index (κ3) is 2.41. The number of rotatable bonds is 3. The largest absolute Gasteiger partial charge is 0.359 e. The Morgan fingerprint density at radius 2 is 2.12 bits per heavy atom. The van der Waals surface area contributed by atoms with Gasteiger partial charge in [0.1, 0.15) is 0 Å². The second-order valence-electron chi connectivity index (χ2n) is 4.06. The lowest BCUT2D eigenvalue weighted by molar-refractivity contribution is 1.14. The van der Waals surface area contributed by atoms with Crippen LogP contribution in [0.25, 0.3) is 11.3 Å². The van der Waals surface area contributed by atoms with Gasteiger partial charge in [0.05, 0.1) is 15.7 Å². The average Bonchev–Trinajstić information content (AvgIpc) is 3.00. The Bertz CT molecular complexity index is 549. The third-order valence-corrected chi connectivity index (χ3v) is 4.23. The number of benzene rings is 1. The van der Waals surface area contributed by atoms with E-state index in [0.29, 0.717) is 16.1 Å². The molecule has 1 N–H and O–H groups in total. The Labute approximate surface area is 114 Å². The van der Waals surface area contributed by atoms with E-state index in [1.165, 1.54) is 12.8 Å². The highest BCUT2D eigenvalue weighted by Crippen LogP contribution is 2.35. The highest BCUT2D eigenvalue weighted by Gasteiger charge is 2.22. The molecule has 0 unspecified atom stereocenters. The molecule has 1 aliphatic carbocycles. The Morgan fingerprint density at radius 3 is 2.88 bits per heavy atom. The maximum absolute atomic E-state index is 6.17. The molecule has 1 fully saturated rings. The molecule has 1 aromatic carbocycles. The van der Waals surface area contributed by atoms with Crippen molar-refractivity contribution in [3.63, 3.8) is 0 Å². The molecule has 1 saturated carbocycles. The van der Waals surface area contributed by atoms with Gasteiger partial charge in [-0.25, -0.2) is 4.98 Å². The van der Waals surface area contributed by atoms with Crippen molar-refractivity contribution in [2.75, 3.05) is 5.32 Å². The Balaban J connectivity index is 1.91. The number of aromatic nitrogens is 1. The molecular formula is C12H10Cl2N2S. The van der Waals surface area contributed by atoms with Crippen molar-refractivity contribution in [1.82, 2.24) is 4.98 Å². The molecule has 0 aliphatic heterocycles. The van der Waals surface area contributed by atoms with Crippen LogP contribution in [-0.2, 0) is 0 Å². The third-order valence-electron chi connectivity index (χ3n) is 2.64. The monoisotopic (exact) mass is 284 g/mol. The molecule has 2 nitrogen and oxygen atoms in total. The second-order valence-corrected chi connectivity index (χ2v) is 5.70. The number of hydrogen-bond acceptors (Lipinski definition) is 3. The van der Waals surface area contributed by atoms with Gasteiger partial charge in [-0.3, -0.25) is 0 Å². The average molecular weight is 285 g/mol. The van der Waals surface area contributed by atoms with E-state index in [1.54, 1.807) is 17.4 Å². The van der Waals surface area contributed by atoms with Gasteiger partial charge in [0.25, 0.3) is 0 Å². The van der Waals surface area contributed by atoms with Crippen LogP contribution in [0, 0.1) is 0 Å². The van der Waals surface area contributed by atoms with Crippen molar-refractivity contribution >= 4 is 39.7 Å². The molecule has 1 heterocycles. The van der Waals surface area contributed by atoms with Gasteiger partial charge in [-0.15, -0.1) is 11.3 Å². The number of nitrogens with zero attached hydrogens (tertiary/aromatic N) is 1. The van der Waals surface area contributed by atoms with Gasteiger partial charge in [0.15, 0.2) is 5.13 Å². The lowest BCUT2D eigenvalue weighted by Gasteiger charge is -2.02. The number of anilines is 1. The van der Waals surface area contributed by atoms with Gasteiger partial charge in [-0.05, 0) is 18.9 Å². The highest BCUT2D eigenvalue weighted by atomic mass is 35.5. The van der Waals surface area contributed by atoms with Crippen LogP contribution in [0.4, 0.5) is 5.13 Å². The summed E-state index contributed by atoms with van der Waals surface area (Å²) >= 11 is 13.8. The highest BCUT2D eigenvalue weighted by molar-refractivity contribution is 7.14. The lowest BCUT2D eigenvalue weighted by atomic mass is 10.2. The van der Waals surface area contributed by atoms with Crippen molar-refractivity contribution in [3.8, 4) is 11.3 Å². The molecule has 17 heavy (non-hydrogen) atoms. The van der Waals surface area contributed by atoms with Gasteiger partial charge in [-0.1, -0.05) is 35.3 Å². The maximum Gasteiger partial charge on any atom is 0.183 e. The molecule has 5 heteroatoms. The van der Waals surface area contributed by atoms with Crippen LogP contribution >= 0.6 is 34.5 Å². The molecule has 2 aromatic rings. The molecular weight excluding hydrogens is 275 g/mol. The SMILES string of the molecule is Clc1cccc(-c2csc(NC3CC3)n2)c1Cl. The summed E-state index contributed by atoms with van der Waals surface area (Å²) in [5, 5.41) is 7.46. The van der Waals surface area contributed by atoms with Crippen LogP contribution in [-0.4, -0.2) is 11.0 Å². The number of halogens is 2. The summed E-state index contributed by atoms with van der Waals surface area (Å²) in [6, 6.07) is 6.22. The van der Waals surface area contributed by atoms with Gasteiger partial charge in [0.2, 0.25) is 0 Å². The molecule has 1 aromatic heterocycles. The van der Waals surface area contributed by atoms with E-state index in [4.69, 9.17) is 23.2 Å². The van der Waals surface area contributed by atoms with Crippen LogP contribution in [0.15, 0.2) is 23.6 Å². The standard InChI is InChI=1S/C12H10Cl2N2S/c13-9-3-1-2-8(11(9)14)10-6-17-12(16-10)15-7-4-5-7/h1-3,6-7H,4-5H2,(H,15,16). The van der Waals surface area contributed by atoms with Gasteiger partial charge < -0.3 is 5.32 Å². The zero-order valence-corrected chi connectivity index (χ0v) is 11.2. The summed E-state index contributed by atoms with van der Waals surface area (Å²) < 4.78 is 0. The molecule has 88 valence electrons. The van der Waals surface area contributed by atoms with Gasteiger partial charge in [-0.2, -0.15) is 0 Å². The van der Waals surface area contributed by atoms with E-state index >= 15 is 0 Å². The molecule has 0 bridgehead atoms. The Hall–Kier alpha value is -0.770. The smallest absolute Gasteiger partial charge is 0.183 e. The van der Waals surface area contributed by atoms with Crippen LogP contribution < -0.4 is 5.32 Å². The van der Waals surface area contributed by atoms with Crippen LogP contribution in [0.1, 0.15) is 12.8 Å². The number of thiazole rings is 1. The molecule has 3 rings (SSSR count). The van der Waals surface area contributed by atoms with Gasteiger partial charge >= 0.3 is 0 Å². The minimum absolute atomic E-state index is 0.564. The molecule has 0 saturated heterocycles. The van der Waals surface area contributed by atoms with Crippen molar-refractivity contribution < 1.29 is 0 Å². The van der Waals surface area contributed by atoms with Crippen molar-refractivity contribution in [2.45, 2.75) is 18.9 Å². The minimum Gasteiger partial charge on any atom is -0.359 e. The van der Waals surface area contributed by atoms with E-state index < -0.39 is 0 Å². The fraction of sp³-hybridized carbons (Fsp3) is 0.250. The minimum atomic E-state index is 0.564. The number of nitrogens with one attached hydrogen (secondary N) is 1. The van der Waals surface area contributed by atoms with Crippen molar-refractivity contribution in [1.29, 1.82) is 0 Å². The topological polar surface area (TPSA) is 24.9 Å². The fourth-order valence-corrected chi connectivity index (χ4v) is 2.75. The summed E-state index contributed by atoms with van der Waals surface area (Å²) in [6.07, 6.45) is 2.49. The fourth-order valence-electron chi connectivity index (χ4n) is 1.57. The summed E-state index contributed by atoms with van der Waals surface area (Å²) in [5.41, 5.74) is 1.77. The number of hydrogen-bond donors (Lipinski definition) is 1. The molecule has 0 atom stereocenters. The molecule has 1 aliphatic rings. The zero-order valence-electron chi connectivity index (χ0n) is 8.91. The summed E-state index contributed by atoms with van der Waals surface area (Å²) in [7, 11) is 0. The summed E-state index contributed by atoms with van der Waals surface area (Å²) in [4.78, 5) is 4.53. The van der Waals surface area contributed by atoms with Crippen molar-refractivity contribution in [3.05, 3.63) is 33.6 Å². The van der Waals surface area contributed by atoms with Crippen LogP contribution in [0.2, 0.25) is 10.0 Å². The quantitative estimate of drug-likeness (QED) is 0.884. The first kappa shape index (κ1) is 11.3. The molecule has 0 radical (unpaired) electrons. The van der Waals surface area contributed by atoms with Gasteiger partial charge in [0, 0.05) is 17.0 Å². The lowest BCUT2D eigenvalue weighted by Crippen LogP contribution is -1.99. The predicted molar refractivity (Wildman–Crippen MR) is 74.2 cm³/mol. The first-order valence-electron chi connectivity index (χ1n) is 5.40. The van der Waals surface area contributed by atoms with Crippen LogP contribution in [0.5, 0.6) is 0 Å². The van der Waals surface area contributed by atoms with E-state index in [9.17, 15) is 0 Å². The first-order valence-corrected chi connectivity index (χ1v) is 7.04. The second kappa shape index (κ2) is 4.48. The Morgan fingerprint density at radius 1 is 1.29 bits per heavy atom. The van der Waals surface area contributed by atoms with E-state index in [0.717, 1.165) is 16.4 Å².